The van der Waals surface area contributed by atoms with Crippen LogP contribution in [0.25, 0.3) is 89.7 Å². The maximum absolute atomic E-state index is 12.7. The number of H-pyrrole nitrogens is 2. The number of nitrogens with zero attached hydrogens (tertiary/aromatic N) is 10. The fourth-order valence-electron chi connectivity index (χ4n) is 6.46. The Bertz CT molecular complexity index is 2960. The number of hydrogen-bond acceptors (Lipinski definition) is 14. The van der Waals surface area contributed by atoms with E-state index in [2.05, 4.69) is 29.9 Å². The quantitative estimate of drug-likeness (QED) is 0.134. The number of aromatic amines is 2. The Morgan fingerprint density at radius 2 is 0.755 bits per heavy atom. The van der Waals surface area contributed by atoms with Crippen LogP contribution in [0, 0.1) is 40.5 Å². The molecular formula is C32H17FeN12O8. The van der Waals surface area contributed by atoms with E-state index in [1.54, 1.807) is 48.5 Å². The van der Waals surface area contributed by atoms with Gasteiger partial charge >= 0.3 is 288 Å². The van der Waals surface area contributed by atoms with Crippen LogP contribution in [0.4, 0.5) is 0 Å². The Hall–Kier alpha value is -7.64. The molecule has 0 spiro atoms. The van der Waals surface area contributed by atoms with Crippen LogP contribution in [0.15, 0.2) is 91.0 Å². The Kier molecular flexibility index (Phi) is 6.32. The summed E-state index contributed by atoms with van der Waals surface area (Å²) in [5.74, 6) is 0.454. The van der Waals surface area contributed by atoms with Crippen molar-refractivity contribution < 1.29 is 28.4 Å². The second kappa shape index (κ2) is 10.7. The number of benzene rings is 4. The summed E-state index contributed by atoms with van der Waals surface area (Å²) in [5, 5.41) is 51.4. The number of nitro groups is 4. The van der Waals surface area contributed by atoms with E-state index in [0.29, 0.717) is 45.0 Å². The zero-order valence-electron chi connectivity index (χ0n) is 26.3. The summed E-state index contributed by atoms with van der Waals surface area (Å²) < 4.78 is -9.36. The molecule has 0 fully saturated rings. The van der Waals surface area contributed by atoms with Gasteiger partial charge in [0.15, 0.2) is 0 Å². The Morgan fingerprint density at radius 1 is 0.415 bits per heavy atom. The van der Waals surface area contributed by atoms with Crippen molar-refractivity contribution in [2.45, 2.75) is 0 Å². The monoisotopic (exact) mass is 753 g/mol. The van der Waals surface area contributed by atoms with E-state index in [-0.39, 0.29) is 34.3 Å². The van der Waals surface area contributed by atoms with Crippen LogP contribution in [0.1, 0.15) is 0 Å². The summed E-state index contributed by atoms with van der Waals surface area (Å²) >= 11 is -8.09. The standard InChI is InChI=1S/C32H17N8.Fe.4NO2/c1-2-10-18-17(9-1)25-33-26(18)38-28-21-13-5-6-14-22(21)30(35-28)40-32-24-16-8-7-15-23(24)31(36-32)39-29-20-12-4-3-11-19(20)27(34-29)37-25;;4*2-1-3/h1-15H,(H2,33,34,35,36,37,38,39,40);;;;;. The van der Waals surface area contributed by atoms with E-state index < -0.39 is 43.9 Å². The normalized spacial score (nSPS) is 12.8. The first-order chi connectivity index (χ1) is 25.5. The SMILES string of the molecule is O=[N+]([O-])[Fe]([c]1cccc2c3nc4nc(nc5[nH]c(nc6nc(nc([nH]3)c12)-c1ccccc1-6)c1ccccc51)-c1ccccc1-4)([N+](=O)[O-])([N+](=O)[O-])[N+](=O)[O-]. The van der Waals surface area contributed by atoms with E-state index in [4.69, 9.17) is 9.97 Å². The van der Waals surface area contributed by atoms with Gasteiger partial charge in [-0.25, -0.2) is 0 Å². The second-order valence-electron chi connectivity index (χ2n) is 11.5. The topological polar surface area (TPSA) is 281 Å². The Morgan fingerprint density at radius 3 is 1.17 bits per heavy atom. The maximum atomic E-state index is 12.7. The van der Waals surface area contributed by atoms with Gasteiger partial charge in [-0.15, -0.1) is 0 Å². The third kappa shape index (κ3) is 3.87. The van der Waals surface area contributed by atoms with Crippen molar-refractivity contribution >= 4 is 48.6 Å². The third-order valence-electron chi connectivity index (χ3n) is 8.81. The Balaban J connectivity index is 1.55. The van der Waals surface area contributed by atoms with Gasteiger partial charge in [0.2, 0.25) is 0 Å². The van der Waals surface area contributed by atoms with E-state index in [0.717, 1.165) is 11.5 Å². The molecule has 9 rings (SSSR count). The van der Waals surface area contributed by atoms with Gasteiger partial charge in [-0.1, -0.05) is 6.07 Å². The molecule has 2 N–H and O–H groups in total. The summed E-state index contributed by atoms with van der Waals surface area (Å²) in [4.78, 5) is 85.2. The molecule has 2 aliphatic heterocycles. The van der Waals surface area contributed by atoms with Gasteiger partial charge in [-0.3, -0.25) is 0 Å². The molecular weight excluding hydrogens is 736 g/mol. The zero-order valence-corrected chi connectivity index (χ0v) is 27.4. The second-order valence-corrected chi connectivity index (χ2v) is 16.0. The summed E-state index contributed by atoms with van der Waals surface area (Å²) in [6, 6.07) is 24.1. The van der Waals surface area contributed by atoms with Gasteiger partial charge in [0.25, 0.3) is 0 Å². The van der Waals surface area contributed by atoms with E-state index >= 15 is 0 Å². The molecule has 0 saturated carbocycles. The molecule has 3 aromatic heterocycles. The molecule has 0 amide bonds. The molecule has 2 aliphatic rings. The first-order valence-corrected chi connectivity index (χ1v) is 17.7. The average molecular weight is 753 g/mol. The predicted octanol–water partition coefficient (Wildman–Crippen LogP) is 4.95. The van der Waals surface area contributed by atoms with Crippen LogP contribution in [-0.4, -0.2) is 55.6 Å². The van der Waals surface area contributed by atoms with Gasteiger partial charge in [0, 0.05) is 0 Å². The summed E-state index contributed by atoms with van der Waals surface area (Å²) in [7, 11) is 0. The number of nitrogens with one attached hydrogen (secondary N) is 2. The van der Waals surface area contributed by atoms with E-state index in [1.807, 2.05) is 24.3 Å². The van der Waals surface area contributed by atoms with Crippen LogP contribution < -0.4 is 4.46 Å². The first kappa shape index (κ1) is 31.3. The number of fused-ring (bicyclic) bond motifs is 20. The van der Waals surface area contributed by atoms with Gasteiger partial charge < -0.3 is 0 Å². The molecule has 8 bridgehead atoms. The van der Waals surface area contributed by atoms with Crippen molar-refractivity contribution in [3.05, 3.63) is 131 Å². The molecule has 0 atom stereocenters. The van der Waals surface area contributed by atoms with Crippen LogP contribution in [0.2, 0.25) is 0 Å². The number of aromatic nitrogens is 8. The summed E-state index contributed by atoms with van der Waals surface area (Å²) in [6.07, 6.45) is 0. The fraction of sp³-hybridized carbons (Fsp3) is 0. The van der Waals surface area contributed by atoms with Crippen molar-refractivity contribution in [2.24, 2.45) is 0 Å². The molecule has 0 aliphatic carbocycles. The van der Waals surface area contributed by atoms with Crippen LogP contribution in [0.3, 0.4) is 0 Å². The molecule has 0 radical (unpaired) electrons. The molecule has 0 saturated heterocycles. The van der Waals surface area contributed by atoms with Crippen molar-refractivity contribution in [1.29, 1.82) is 0 Å². The van der Waals surface area contributed by atoms with Crippen molar-refractivity contribution in [1.82, 2.24) is 39.9 Å². The Labute approximate surface area is 293 Å². The average Bonchev–Trinajstić information content (AvgIpc) is 3.87. The van der Waals surface area contributed by atoms with Crippen molar-refractivity contribution in [3.63, 3.8) is 0 Å². The van der Waals surface area contributed by atoms with Gasteiger partial charge in [0.1, 0.15) is 0 Å². The minimum absolute atomic E-state index is 0.0537. The fourth-order valence-corrected chi connectivity index (χ4v) is 9.42. The molecule has 5 heterocycles. The first-order valence-electron chi connectivity index (χ1n) is 15.2. The van der Waals surface area contributed by atoms with Gasteiger partial charge in [-0.05, 0) is 0 Å². The molecule has 4 aromatic carbocycles. The van der Waals surface area contributed by atoms with Crippen LogP contribution in [-0.2, 0) is 12.7 Å². The number of hydrogen-bond donors (Lipinski definition) is 2. The van der Waals surface area contributed by atoms with Crippen molar-refractivity contribution in [2.75, 3.05) is 0 Å². The molecule has 261 valence electrons. The third-order valence-corrected chi connectivity index (χ3v) is 13.3. The molecule has 0 unspecified atom stereocenters. The van der Waals surface area contributed by atoms with E-state index in [9.17, 15) is 40.5 Å². The van der Waals surface area contributed by atoms with Crippen LogP contribution >= 0.6 is 0 Å². The molecule has 21 heteroatoms. The summed E-state index contributed by atoms with van der Waals surface area (Å²) in [6.45, 7) is 0. The van der Waals surface area contributed by atoms with Crippen molar-refractivity contribution in [3.8, 4) is 45.6 Å². The zero-order chi connectivity index (χ0) is 36.8. The molecule has 53 heavy (non-hydrogen) atoms. The molecule has 20 nitrogen and oxygen atoms in total. The minimum atomic E-state index is -8.09. The number of rotatable bonds is 5. The predicted molar refractivity (Wildman–Crippen MR) is 184 cm³/mol. The summed E-state index contributed by atoms with van der Waals surface area (Å²) in [5.41, 5.74) is 2.22. The molecule has 7 aromatic rings. The van der Waals surface area contributed by atoms with Crippen LogP contribution in [0.5, 0.6) is 0 Å². The van der Waals surface area contributed by atoms with Gasteiger partial charge in [0.05, 0.1) is 0 Å². The van der Waals surface area contributed by atoms with Gasteiger partial charge in [-0.2, -0.15) is 0 Å². The van der Waals surface area contributed by atoms with E-state index in [1.165, 1.54) is 6.07 Å².